The quantitative estimate of drug-likeness (QED) is 0.414. The van der Waals surface area contributed by atoms with Crippen LogP contribution in [0.2, 0.25) is 0 Å². The summed E-state index contributed by atoms with van der Waals surface area (Å²) in [6, 6.07) is 11.9. The number of carbonyl (C=O) groups excluding carboxylic acids is 1. The lowest BCUT2D eigenvalue weighted by atomic mass is 10.1. The molecule has 0 fully saturated rings. The first kappa shape index (κ1) is 17.3. The normalized spacial score (nSPS) is 11.8. The summed E-state index contributed by atoms with van der Waals surface area (Å²) < 4.78 is 1.65. The number of hydrogen-bond donors (Lipinski definition) is 1. The Morgan fingerprint density at radius 2 is 1.96 bits per heavy atom. The van der Waals surface area contributed by atoms with Gasteiger partial charge in [-0.1, -0.05) is 12.1 Å². The second-order valence-corrected chi connectivity index (χ2v) is 5.84. The second kappa shape index (κ2) is 7.14. The van der Waals surface area contributed by atoms with Crippen LogP contribution >= 0.6 is 0 Å². The summed E-state index contributed by atoms with van der Waals surface area (Å²) in [5.41, 5.74) is 2.39. The summed E-state index contributed by atoms with van der Waals surface area (Å²) >= 11 is 0. The number of anilines is 1. The Morgan fingerprint density at radius 1 is 1.23 bits per heavy atom. The molecule has 0 aliphatic carbocycles. The number of Topliss-reactive ketones (excluding diaryl/α,β-unsaturated/α-hetero) is 1. The van der Waals surface area contributed by atoms with Crippen molar-refractivity contribution >= 4 is 17.2 Å². The van der Waals surface area contributed by atoms with E-state index in [-0.39, 0.29) is 17.5 Å². The van der Waals surface area contributed by atoms with Gasteiger partial charge in [-0.15, -0.1) is 0 Å². The molecule has 132 valence electrons. The lowest BCUT2D eigenvalue weighted by Crippen LogP contribution is -2.09. The summed E-state index contributed by atoms with van der Waals surface area (Å²) in [5, 5.41) is 18.5. The van der Waals surface area contributed by atoms with E-state index in [9.17, 15) is 14.9 Å². The van der Waals surface area contributed by atoms with E-state index in [1.165, 1.54) is 19.3 Å². The molecular formula is C18H17N5O3. The standard InChI is InChI=1S/C18H17N5O3/c1-12(14-3-6-16(7-4-14)22-11-19-10-20-22)21-17-8-5-15(13(2)24)9-18(17)23(25)26/h3-12,21H,1-2H3. The maximum absolute atomic E-state index is 11.4. The zero-order chi connectivity index (χ0) is 18.7. The summed E-state index contributed by atoms with van der Waals surface area (Å²) in [4.78, 5) is 26.2. The number of nitrogens with zero attached hydrogens (tertiary/aromatic N) is 4. The number of nitro benzene ring substituents is 1. The van der Waals surface area contributed by atoms with E-state index in [0.717, 1.165) is 11.3 Å². The van der Waals surface area contributed by atoms with E-state index in [0.29, 0.717) is 11.3 Å². The van der Waals surface area contributed by atoms with Gasteiger partial charge in [0.1, 0.15) is 18.3 Å². The van der Waals surface area contributed by atoms with Crippen LogP contribution in [0.25, 0.3) is 5.69 Å². The average Bonchev–Trinajstić information content (AvgIpc) is 3.16. The number of carbonyl (C=O) groups is 1. The Kier molecular flexibility index (Phi) is 4.74. The van der Waals surface area contributed by atoms with Crippen molar-refractivity contribution in [3.8, 4) is 5.69 Å². The van der Waals surface area contributed by atoms with Gasteiger partial charge in [-0.25, -0.2) is 9.67 Å². The number of aromatic nitrogens is 3. The van der Waals surface area contributed by atoms with Crippen molar-refractivity contribution in [2.75, 3.05) is 5.32 Å². The van der Waals surface area contributed by atoms with E-state index >= 15 is 0 Å². The second-order valence-electron chi connectivity index (χ2n) is 5.84. The third-order valence-electron chi connectivity index (χ3n) is 4.05. The van der Waals surface area contributed by atoms with E-state index in [1.54, 1.807) is 23.1 Å². The maximum Gasteiger partial charge on any atom is 0.293 e. The number of rotatable bonds is 6. The molecule has 0 amide bonds. The molecular weight excluding hydrogens is 334 g/mol. The van der Waals surface area contributed by atoms with Crippen LogP contribution in [0.3, 0.4) is 0 Å². The molecule has 8 nitrogen and oxygen atoms in total. The zero-order valence-electron chi connectivity index (χ0n) is 14.3. The Bertz CT molecular complexity index is 936. The van der Waals surface area contributed by atoms with Gasteiger partial charge < -0.3 is 5.32 Å². The molecule has 8 heteroatoms. The highest BCUT2D eigenvalue weighted by Gasteiger charge is 2.18. The fourth-order valence-corrected chi connectivity index (χ4v) is 2.60. The predicted molar refractivity (Wildman–Crippen MR) is 96.5 cm³/mol. The highest BCUT2D eigenvalue weighted by atomic mass is 16.6. The van der Waals surface area contributed by atoms with Gasteiger partial charge >= 0.3 is 0 Å². The average molecular weight is 351 g/mol. The third-order valence-corrected chi connectivity index (χ3v) is 4.05. The van der Waals surface area contributed by atoms with Crippen molar-refractivity contribution in [1.82, 2.24) is 14.8 Å². The van der Waals surface area contributed by atoms with Crippen LogP contribution < -0.4 is 5.32 Å². The lowest BCUT2D eigenvalue weighted by molar-refractivity contribution is -0.384. The van der Waals surface area contributed by atoms with Crippen LogP contribution in [0, 0.1) is 10.1 Å². The van der Waals surface area contributed by atoms with Gasteiger partial charge in [0.05, 0.1) is 10.6 Å². The first-order valence-corrected chi connectivity index (χ1v) is 7.96. The van der Waals surface area contributed by atoms with Crippen molar-refractivity contribution in [3.63, 3.8) is 0 Å². The Balaban J connectivity index is 1.82. The minimum Gasteiger partial charge on any atom is -0.373 e. The minimum atomic E-state index is -0.491. The van der Waals surface area contributed by atoms with E-state index in [4.69, 9.17) is 0 Å². The van der Waals surface area contributed by atoms with Gasteiger partial charge in [0.2, 0.25) is 0 Å². The van der Waals surface area contributed by atoms with E-state index < -0.39 is 4.92 Å². The Hall–Kier alpha value is -3.55. The van der Waals surface area contributed by atoms with E-state index in [1.807, 2.05) is 31.2 Å². The molecule has 2 aromatic carbocycles. The zero-order valence-corrected chi connectivity index (χ0v) is 14.3. The number of benzene rings is 2. The molecule has 0 aliphatic heterocycles. The molecule has 0 radical (unpaired) electrons. The fourth-order valence-electron chi connectivity index (χ4n) is 2.60. The fraction of sp³-hybridized carbons (Fsp3) is 0.167. The summed E-state index contributed by atoms with van der Waals surface area (Å²) in [5.74, 6) is -0.212. The molecule has 1 N–H and O–H groups in total. The van der Waals surface area contributed by atoms with Gasteiger partial charge in [-0.3, -0.25) is 14.9 Å². The van der Waals surface area contributed by atoms with Crippen LogP contribution in [0.1, 0.15) is 35.8 Å². The Morgan fingerprint density at radius 3 is 2.54 bits per heavy atom. The van der Waals surface area contributed by atoms with Gasteiger partial charge in [0.25, 0.3) is 5.69 Å². The first-order valence-electron chi connectivity index (χ1n) is 7.96. The highest BCUT2D eigenvalue weighted by Crippen LogP contribution is 2.29. The number of nitro groups is 1. The van der Waals surface area contributed by atoms with Crippen LogP contribution in [-0.2, 0) is 0 Å². The molecule has 0 saturated carbocycles. The highest BCUT2D eigenvalue weighted by molar-refractivity contribution is 5.95. The van der Waals surface area contributed by atoms with Crippen LogP contribution in [0.15, 0.2) is 55.1 Å². The molecule has 1 aromatic heterocycles. The number of hydrogen-bond acceptors (Lipinski definition) is 6. The molecule has 0 spiro atoms. The monoisotopic (exact) mass is 351 g/mol. The smallest absolute Gasteiger partial charge is 0.293 e. The first-order chi connectivity index (χ1) is 12.5. The summed E-state index contributed by atoms with van der Waals surface area (Å²) in [6.45, 7) is 3.29. The molecule has 1 unspecified atom stereocenters. The van der Waals surface area contributed by atoms with Crippen LogP contribution in [-0.4, -0.2) is 25.5 Å². The SMILES string of the molecule is CC(=O)c1ccc(NC(C)c2ccc(-n3cncn3)cc2)c([N+](=O)[O-])c1. The topological polar surface area (TPSA) is 103 Å². The van der Waals surface area contributed by atoms with Gasteiger partial charge in [0.15, 0.2) is 5.78 Å². The molecule has 0 aliphatic rings. The Labute approximate surface area is 149 Å². The predicted octanol–water partition coefficient (Wildman–Crippen LogP) is 3.55. The molecule has 1 atom stereocenters. The van der Waals surface area contributed by atoms with Crippen molar-refractivity contribution in [1.29, 1.82) is 0 Å². The molecule has 0 saturated heterocycles. The van der Waals surface area contributed by atoms with Crippen molar-refractivity contribution in [2.45, 2.75) is 19.9 Å². The van der Waals surface area contributed by atoms with Gasteiger partial charge in [0, 0.05) is 17.7 Å². The largest absolute Gasteiger partial charge is 0.373 e. The van der Waals surface area contributed by atoms with Gasteiger partial charge in [-0.05, 0) is 43.7 Å². The number of ketones is 1. The lowest BCUT2D eigenvalue weighted by Gasteiger charge is -2.16. The minimum absolute atomic E-state index is 0.121. The number of nitrogens with one attached hydrogen (secondary N) is 1. The van der Waals surface area contributed by atoms with Crippen LogP contribution in [0.5, 0.6) is 0 Å². The molecule has 0 bridgehead atoms. The van der Waals surface area contributed by atoms with Gasteiger partial charge in [-0.2, -0.15) is 5.10 Å². The van der Waals surface area contributed by atoms with Crippen molar-refractivity contribution in [3.05, 3.63) is 76.4 Å². The maximum atomic E-state index is 11.4. The van der Waals surface area contributed by atoms with Crippen LogP contribution in [0.4, 0.5) is 11.4 Å². The molecule has 1 heterocycles. The van der Waals surface area contributed by atoms with E-state index in [2.05, 4.69) is 15.4 Å². The van der Waals surface area contributed by atoms with Crippen molar-refractivity contribution in [2.24, 2.45) is 0 Å². The molecule has 3 rings (SSSR count). The molecule has 26 heavy (non-hydrogen) atoms. The molecule has 3 aromatic rings. The third kappa shape index (κ3) is 3.59. The summed E-state index contributed by atoms with van der Waals surface area (Å²) in [6.07, 6.45) is 3.07. The summed E-state index contributed by atoms with van der Waals surface area (Å²) in [7, 11) is 0. The van der Waals surface area contributed by atoms with Crippen molar-refractivity contribution < 1.29 is 9.72 Å².